The molecule has 4 rings (SSSR count). The van der Waals surface area contributed by atoms with Crippen molar-refractivity contribution in [1.29, 1.82) is 0 Å². The number of carbonyl (C=O) groups is 1. The molecule has 2 amide bonds. The summed E-state index contributed by atoms with van der Waals surface area (Å²) in [7, 11) is 0. The molecular weight excluding hydrogens is 386 g/mol. The van der Waals surface area contributed by atoms with E-state index in [-0.39, 0.29) is 6.03 Å². The number of nitrogens with zero attached hydrogens (tertiary/aromatic N) is 1. The Balaban J connectivity index is 1.35. The van der Waals surface area contributed by atoms with Gasteiger partial charge >= 0.3 is 6.03 Å². The molecule has 2 N–H and O–H groups in total. The number of anilines is 1. The van der Waals surface area contributed by atoms with Crippen molar-refractivity contribution in [3.63, 3.8) is 0 Å². The van der Waals surface area contributed by atoms with Crippen LogP contribution in [0.5, 0.6) is 0 Å². The van der Waals surface area contributed by atoms with Gasteiger partial charge in [0.1, 0.15) is 12.0 Å². The van der Waals surface area contributed by atoms with E-state index in [1.165, 1.54) is 11.1 Å². The second-order valence-electron chi connectivity index (χ2n) is 7.55. The number of urea groups is 1. The highest BCUT2D eigenvalue weighted by Gasteiger charge is 2.11. The zero-order valence-corrected chi connectivity index (χ0v) is 17.7. The van der Waals surface area contributed by atoms with Crippen molar-refractivity contribution < 1.29 is 9.21 Å². The van der Waals surface area contributed by atoms with E-state index >= 15 is 0 Å². The van der Waals surface area contributed by atoms with Crippen molar-refractivity contribution >= 4 is 11.7 Å². The van der Waals surface area contributed by atoms with Gasteiger partial charge in [0.15, 0.2) is 0 Å². The SMILES string of the molecule is Cc1ccc(C)c(-c2coc(-c3ccc(NC(=O)NCCc4ccccc4)cc3)n2)c1. The van der Waals surface area contributed by atoms with Crippen LogP contribution in [0.15, 0.2) is 83.5 Å². The molecule has 0 aliphatic heterocycles. The normalized spacial score (nSPS) is 10.6. The van der Waals surface area contributed by atoms with E-state index in [0.29, 0.717) is 18.1 Å². The molecule has 0 spiro atoms. The van der Waals surface area contributed by atoms with Crippen LogP contribution in [0, 0.1) is 13.8 Å². The van der Waals surface area contributed by atoms with E-state index in [0.717, 1.165) is 28.8 Å². The summed E-state index contributed by atoms with van der Waals surface area (Å²) in [5, 5.41) is 5.73. The van der Waals surface area contributed by atoms with Gasteiger partial charge < -0.3 is 15.1 Å². The number of aromatic nitrogens is 1. The van der Waals surface area contributed by atoms with E-state index in [1.54, 1.807) is 6.26 Å². The number of hydrogen-bond donors (Lipinski definition) is 2. The van der Waals surface area contributed by atoms with Crippen molar-refractivity contribution in [3.05, 3.63) is 95.7 Å². The molecule has 0 fully saturated rings. The van der Waals surface area contributed by atoms with Gasteiger partial charge in [0.2, 0.25) is 5.89 Å². The molecule has 1 aromatic heterocycles. The minimum absolute atomic E-state index is 0.225. The van der Waals surface area contributed by atoms with Crippen LogP contribution < -0.4 is 10.6 Å². The quantitative estimate of drug-likeness (QED) is 0.409. The molecule has 156 valence electrons. The van der Waals surface area contributed by atoms with E-state index in [9.17, 15) is 4.79 Å². The minimum atomic E-state index is -0.225. The number of aryl methyl sites for hydroxylation is 2. The summed E-state index contributed by atoms with van der Waals surface area (Å²) in [4.78, 5) is 16.8. The monoisotopic (exact) mass is 411 g/mol. The van der Waals surface area contributed by atoms with Crippen LogP contribution in [0.2, 0.25) is 0 Å². The van der Waals surface area contributed by atoms with Crippen molar-refractivity contribution in [1.82, 2.24) is 10.3 Å². The van der Waals surface area contributed by atoms with Gasteiger partial charge in [0, 0.05) is 23.4 Å². The number of nitrogens with one attached hydrogen (secondary N) is 2. The van der Waals surface area contributed by atoms with Crippen molar-refractivity contribution in [2.75, 3.05) is 11.9 Å². The first-order valence-corrected chi connectivity index (χ1v) is 10.3. The highest BCUT2D eigenvalue weighted by molar-refractivity contribution is 5.89. The maximum atomic E-state index is 12.1. The van der Waals surface area contributed by atoms with E-state index < -0.39 is 0 Å². The summed E-state index contributed by atoms with van der Waals surface area (Å²) in [6.45, 7) is 4.70. The summed E-state index contributed by atoms with van der Waals surface area (Å²) >= 11 is 0. The fraction of sp³-hybridized carbons (Fsp3) is 0.154. The van der Waals surface area contributed by atoms with E-state index in [2.05, 4.69) is 47.7 Å². The van der Waals surface area contributed by atoms with Gasteiger partial charge in [-0.1, -0.05) is 48.0 Å². The highest BCUT2D eigenvalue weighted by atomic mass is 16.3. The van der Waals surface area contributed by atoms with Crippen LogP contribution in [-0.2, 0) is 6.42 Å². The Hall–Kier alpha value is -3.86. The second-order valence-corrected chi connectivity index (χ2v) is 7.55. The topological polar surface area (TPSA) is 67.2 Å². The lowest BCUT2D eigenvalue weighted by Gasteiger charge is -2.08. The molecule has 4 aromatic rings. The zero-order valence-electron chi connectivity index (χ0n) is 17.7. The molecule has 0 saturated carbocycles. The minimum Gasteiger partial charge on any atom is -0.444 e. The Labute approximate surface area is 182 Å². The smallest absolute Gasteiger partial charge is 0.319 e. The molecule has 0 aliphatic rings. The molecule has 5 nitrogen and oxygen atoms in total. The number of benzene rings is 3. The van der Waals surface area contributed by atoms with Crippen molar-refractivity contribution in [3.8, 4) is 22.7 Å². The van der Waals surface area contributed by atoms with Crippen LogP contribution in [0.4, 0.5) is 10.5 Å². The third kappa shape index (κ3) is 5.20. The second kappa shape index (κ2) is 9.30. The Morgan fingerprint density at radius 1 is 0.968 bits per heavy atom. The highest BCUT2D eigenvalue weighted by Crippen LogP contribution is 2.28. The van der Waals surface area contributed by atoms with Gasteiger partial charge in [-0.15, -0.1) is 0 Å². The van der Waals surface area contributed by atoms with Crippen LogP contribution in [0.3, 0.4) is 0 Å². The molecular formula is C26H25N3O2. The van der Waals surface area contributed by atoms with Gasteiger partial charge in [-0.2, -0.15) is 0 Å². The number of oxazole rings is 1. The Morgan fingerprint density at radius 3 is 2.52 bits per heavy atom. The average Bonchev–Trinajstić information content (AvgIpc) is 3.27. The van der Waals surface area contributed by atoms with Gasteiger partial charge in [-0.3, -0.25) is 0 Å². The van der Waals surface area contributed by atoms with E-state index in [1.807, 2.05) is 54.6 Å². The van der Waals surface area contributed by atoms with Crippen molar-refractivity contribution in [2.45, 2.75) is 20.3 Å². The summed E-state index contributed by atoms with van der Waals surface area (Å²) < 4.78 is 5.71. The number of carbonyl (C=O) groups excluding carboxylic acids is 1. The first-order valence-electron chi connectivity index (χ1n) is 10.3. The van der Waals surface area contributed by atoms with Gasteiger partial charge in [-0.25, -0.2) is 9.78 Å². The average molecular weight is 412 g/mol. The lowest BCUT2D eigenvalue weighted by Crippen LogP contribution is -2.30. The summed E-state index contributed by atoms with van der Waals surface area (Å²) in [6.07, 6.45) is 2.48. The zero-order chi connectivity index (χ0) is 21.6. The number of hydrogen-bond acceptors (Lipinski definition) is 3. The number of amides is 2. The summed E-state index contributed by atoms with van der Waals surface area (Å²) in [5.74, 6) is 0.551. The molecule has 5 heteroatoms. The molecule has 0 radical (unpaired) electrons. The Kier molecular flexibility index (Phi) is 6.13. The molecule has 0 bridgehead atoms. The molecule has 0 atom stereocenters. The number of rotatable bonds is 6. The third-order valence-corrected chi connectivity index (χ3v) is 5.10. The summed E-state index contributed by atoms with van der Waals surface area (Å²) in [5.41, 5.74) is 6.98. The fourth-order valence-corrected chi connectivity index (χ4v) is 3.38. The van der Waals surface area contributed by atoms with Crippen LogP contribution >= 0.6 is 0 Å². The predicted molar refractivity (Wildman–Crippen MR) is 124 cm³/mol. The van der Waals surface area contributed by atoms with E-state index in [4.69, 9.17) is 4.42 Å². The molecule has 1 heterocycles. The maximum Gasteiger partial charge on any atom is 0.319 e. The Morgan fingerprint density at radius 2 is 1.74 bits per heavy atom. The van der Waals surface area contributed by atoms with Crippen molar-refractivity contribution in [2.24, 2.45) is 0 Å². The largest absolute Gasteiger partial charge is 0.444 e. The maximum absolute atomic E-state index is 12.1. The predicted octanol–water partition coefficient (Wildman–Crippen LogP) is 5.99. The molecule has 0 saturated heterocycles. The molecule has 3 aromatic carbocycles. The molecule has 0 aliphatic carbocycles. The van der Waals surface area contributed by atoms with Gasteiger partial charge in [-0.05, 0) is 61.7 Å². The standard InChI is InChI=1S/C26H25N3O2/c1-18-8-9-19(2)23(16-18)24-17-31-25(29-24)21-10-12-22(13-11-21)28-26(30)27-15-14-20-6-4-3-5-7-20/h3-13,16-17H,14-15H2,1-2H3,(H2,27,28,30). The first-order chi connectivity index (χ1) is 15.1. The summed E-state index contributed by atoms with van der Waals surface area (Å²) in [6, 6.07) is 23.6. The lowest BCUT2D eigenvalue weighted by molar-refractivity contribution is 0.252. The molecule has 31 heavy (non-hydrogen) atoms. The molecule has 0 unspecified atom stereocenters. The van der Waals surface area contributed by atoms with Crippen LogP contribution in [0.25, 0.3) is 22.7 Å². The Bertz CT molecular complexity index is 1160. The fourth-order valence-electron chi connectivity index (χ4n) is 3.38. The lowest BCUT2D eigenvalue weighted by atomic mass is 10.0. The van der Waals surface area contributed by atoms with Gasteiger partial charge in [0.05, 0.1) is 0 Å². The van der Waals surface area contributed by atoms with Crippen LogP contribution in [-0.4, -0.2) is 17.6 Å². The van der Waals surface area contributed by atoms with Gasteiger partial charge in [0.25, 0.3) is 0 Å². The third-order valence-electron chi connectivity index (χ3n) is 5.10. The van der Waals surface area contributed by atoms with Crippen LogP contribution in [0.1, 0.15) is 16.7 Å². The first kappa shape index (κ1) is 20.4.